The number of aromatic nitrogens is 2. The molecule has 0 fully saturated rings. The molecule has 1 heterocycles. The van der Waals surface area contributed by atoms with Crippen LogP contribution in [-0.4, -0.2) is 48.2 Å². The lowest BCUT2D eigenvalue weighted by molar-refractivity contribution is 0.0945. The van der Waals surface area contributed by atoms with Gasteiger partial charge in [-0.15, -0.1) is 10.2 Å². The van der Waals surface area contributed by atoms with Crippen molar-refractivity contribution in [2.75, 3.05) is 32.5 Å². The molecule has 6 nitrogen and oxygen atoms in total. The third kappa shape index (κ3) is 5.62. The lowest BCUT2D eigenvalue weighted by Gasteiger charge is -2.10. The summed E-state index contributed by atoms with van der Waals surface area (Å²) in [7, 11) is 4.09. The average molecular weight is 327 g/mol. The molecule has 0 aliphatic heterocycles. The van der Waals surface area contributed by atoms with Gasteiger partial charge in [-0.3, -0.25) is 4.79 Å². The van der Waals surface area contributed by atoms with Crippen LogP contribution in [0.2, 0.25) is 0 Å². The molecule has 24 heavy (non-hydrogen) atoms. The van der Waals surface area contributed by atoms with Crippen molar-refractivity contribution in [3.63, 3.8) is 0 Å². The van der Waals surface area contributed by atoms with Crippen LogP contribution in [0.3, 0.4) is 0 Å². The Morgan fingerprint density at radius 1 is 1.12 bits per heavy atom. The minimum atomic E-state index is -0.218. The normalized spacial score (nSPS) is 10.7. The molecule has 0 saturated carbocycles. The highest BCUT2D eigenvalue weighted by atomic mass is 16.1. The number of rotatable bonds is 8. The SMILES string of the molecule is Cc1ccccc1CNC(=O)c1ccc(NCCCN(C)C)nn1. The zero-order valence-corrected chi connectivity index (χ0v) is 14.5. The van der Waals surface area contributed by atoms with Gasteiger partial charge in [0.15, 0.2) is 5.69 Å². The summed E-state index contributed by atoms with van der Waals surface area (Å²) >= 11 is 0. The maximum Gasteiger partial charge on any atom is 0.272 e. The number of carbonyl (C=O) groups is 1. The Labute approximate surface area is 143 Å². The van der Waals surface area contributed by atoms with E-state index < -0.39 is 0 Å². The van der Waals surface area contributed by atoms with Gasteiger partial charge in [-0.2, -0.15) is 0 Å². The molecule has 2 N–H and O–H groups in total. The molecule has 1 amide bonds. The van der Waals surface area contributed by atoms with Crippen LogP contribution < -0.4 is 10.6 Å². The molecule has 0 spiro atoms. The van der Waals surface area contributed by atoms with E-state index in [1.165, 1.54) is 0 Å². The maximum absolute atomic E-state index is 12.1. The summed E-state index contributed by atoms with van der Waals surface area (Å²) in [5, 5.41) is 14.1. The first-order chi connectivity index (χ1) is 11.6. The summed E-state index contributed by atoms with van der Waals surface area (Å²) in [6.45, 7) is 4.35. The number of amides is 1. The van der Waals surface area contributed by atoms with E-state index in [9.17, 15) is 4.79 Å². The first-order valence-corrected chi connectivity index (χ1v) is 8.11. The number of nitrogens with one attached hydrogen (secondary N) is 2. The van der Waals surface area contributed by atoms with E-state index in [0.29, 0.717) is 18.1 Å². The topological polar surface area (TPSA) is 70.2 Å². The molecule has 2 rings (SSSR count). The number of aryl methyl sites for hydroxylation is 1. The summed E-state index contributed by atoms with van der Waals surface area (Å²) in [5.41, 5.74) is 2.57. The van der Waals surface area contributed by atoms with E-state index >= 15 is 0 Å². The molecule has 0 saturated heterocycles. The highest BCUT2D eigenvalue weighted by molar-refractivity contribution is 5.92. The summed E-state index contributed by atoms with van der Waals surface area (Å²) in [6.07, 6.45) is 1.02. The van der Waals surface area contributed by atoms with Crippen molar-refractivity contribution < 1.29 is 4.79 Å². The van der Waals surface area contributed by atoms with Crippen LogP contribution in [0.5, 0.6) is 0 Å². The minimum Gasteiger partial charge on any atom is -0.369 e. The summed E-state index contributed by atoms with van der Waals surface area (Å²) < 4.78 is 0. The smallest absolute Gasteiger partial charge is 0.272 e. The molecular weight excluding hydrogens is 302 g/mol. The number of carbonyl (C=O) groups excluding carboxylic acids is 1. The van der Waals surface area contributed by atoms with Crippen LogP contribution in [-0.2, 0) is 6.54 Å². The van der Waals surface area contributed by atoms with Gasteiger partial charge in [-0.25, -0.2) is 0 Å². The van der Waals surface area contributed by atoms with Gasteiger partial charge in [0.25, 0.3) is 5.91 Å². The molecule has 0 unspecified atom stereocenters. The molecule has 2 aromatic rings. The third-order valence-corrected chi connectivity index (χ3v) is 3.69. The van der Waals surface area contributed by atoms with E-state index in [4.69, 9.17) is 0 Å². The van der Waals surface area contributed by atoms with Gasteiger partial charge < -0.3 is 15.5 Å². The fraction of sp³-hybridized carbons (Fsp3) is 0.389. The number of benzene rings is 1. The van der Waals surface area contributed by atoms with Gasteiger partial charge in [-0.1, -0.05) is 24.3 Å². The Hall–Kier alpha value is -2.47. The van der Waals surface area contributed by atoms with Crippen molar-refractivity contribution in [2.24, 2.45) is 0 Å². The number of anilines is 1. The second-order valence-electron chi connectivity index (χ2n) is 6.00. The Morgan fingerprint density at radius 2 is 1.92 bits per heavy atom. The van der Waals surface area contributed by atoms with Gasteiger partial charge in [0.1, 0.15) is 5.82 Å². The fourth-order valence-electron chi connectivity index (χ4n) is 2.23. The lowest BCUT2D eigenvalue weighted by Crippen LogP contribution is -2.24. The van der Waals surface area contributed by atoms with Crippen molar-refractivity contribution in [2.45, 2.75) is 19.9 Å². The second kappa shape index (κ2) is 8.98. The van der Waals surface area contributed by atoms with Crippen LogP contribution in [0, 0.1) is 6.92 Å². The van der Waals surface area contributed by atoms with E-state index in [1.807, 2.05) is 45.3 Å². The maximum atomic E-state index is 12.1. The van der Waals surface area contributed by atoms with Crippen LogP contribution >= 0.6 is 0 Å². The van der Waals surface area contributed by atoms with Crippen molar-refractivity contribution >= 4 is 11.7 Å². The highest BCUT2D eigenvalue weighted by Gasteiger charge is 2.08. The second-order valence-corrected chi connectivity index (χ2v) is 6.00. The molecule has 6 heteroatoms. The number of hydrogen-bond donors (Lipinski definition) is 2. The van der Waals surface area contributed by atoms with Crippen molar-refractivity contribution in [3.05, 3.63) is 53.2 Å². The number of hydrogen-bond acceptors (Lipinski definition) is 5. The van der Waals surface area contributed by atoms with E-state index in [0.717, 1.165) is 30.6 Å². The zero-order chi connectivity index (χ0) is 17.4. The quantitative estimate of drug-likeness (QED) is 0.727. The Kier molecular flexibility index (Phi) is 6.69. The monoisotopic (exact) mass is 327 g/mol. The van der Waals surface area contributed by atoms with E-state index in [1.54, 1.807) is 12.1 Å². The predicted molar refractivity (Wildman–Crippen MR) is 96.0 cm³/mol. The molecule has 0 aliphatic carbocycles. The van der Waals surface area contributed by atoms with Gasteiger partial charge in [0.05, 0.1) is 0 Å². The van der Waals surface area contributed by atoms with Crippen LogP contribution in [0.1, 0.15) is 28.0 Å². The molecule has 0 aliphatic rings. The molecular formula is C18H25N5O. The van der Waals surface area contributed by atoms with E-state index in [2.05, 4.69) is 25.7 Å². The van der Waals surface area contributed by atoms with Crippen LogP contribution in [0.15, 0.2) is 36.4 Å². The average Bonchev–Trinajstić information content (AvgIpc) is 2.58. The van der Waals surface area contributed by atoms with Gasteiger partial charge in [0, 0.05) is 13.1 Å². The number of nitrogens with zero attached hydrogens (tertiary/aromatic N) is 3. The Balaban J connectivity index is 1.81. The predicted octanol–water partition coefficient (Wildman–Crippen LogP) is 2.08. The molecule has 1 aromatic carbocycles. The summed E-state index contributed by atoms with van der Waals surface area (Å²) in [4.78, 5) is 14.3. The largest absolute Gasteiger partial charge is 0.369 e. The molecule has 128 valence electrons. The van der Waals surface area contributed by atoms with Crippen LogP contribution in [0.25, 0.3) is 0 Å². The Morgan fingerprint density at radius 3 is 2.58 bits per heavy atom. The van der Waals surface area contributed by atoms with Crippen molar-refractivity contribution in [1.29, 1.82) is 0 Å². The third-order valence-electron chi connectivity index (χ3n) is 3.69. The summed E-state index contributed by atoms with van der Waals surface area (Å²) in [6, 6.07) is 11.4. The standard InChI is InChI=1S/C18H25N5O/c1-14-7-4-5-8-15(14)13-20-18(24)16-9-10-17(22-21-16)19-11-6-12-23(2)3/h4-5,7-10H,6,11-13H2,1-3H3,(H,19,22)(H,20,24). The first-order valence-electron chi connectivity index (χ1n) is 8.11. The van der Waals surface area contributed by atoms with Gasteiger partial charge in [-0.05, 0) is 57.2 Å². The molecule has 0 radical (unpaired) electrons. The Bertz CT molecular complexity index is 655. The van der Waals surface area contributed by atoms with Crippen molar-refractivity contribution in [1.82, 2.24) is 20.4 Å². The fourth-order valence-corrected chi connectivity index (χ4v) is 2.23. The van der Waals surface area contributed by atoms with Gasteiger partial charge >= 0.3 is 0 Å². The molecule has 0 atom stereocenters. The minimum absolute atomic E-state index is 0.218. The zero-order valence-electron chi connectivity index (χ0n) is 14.5. The molecule has 1 aromatic heterocycles. The summed E-state index contributed by atoms with van der Waals surface area (Å²) in [5.74, 6) is 0.467. The van der Waals surface area contributed by atoms with Crippen LogP contribution in [0.4, 0.5) is 5.82 Å². The van der Waals surface area contributed by atoms with Gasteiger partial charge in [0.2, 0.25) is 0 Å². The lowest BCUT2D eigenvalue weighted by atomic mass is 10.1. The van der Waals surface area contributed by atoms with E-state index in [-0.39, 0.29) is 5.91 Å². The van der Waals surface area contributed by atoms with Crippen molar-refractivity contribution in [3.8, 4) is 0 Å². The highest BCUT2D eigenvalue weighted by Crippen LogP contribution is 2.07. The molecule has 0 bridgehead atoms. The first kappa shape index (κ1) is 17.9.